The van der Waals surface area contributed by atoms with Gasteiger partial charge in [0.15, 0.2) is 0 Å². The molecule has 0 spiro atoms. The van der Waals surface area contributed by atoms with Crippen molar-refractivity contribution < 1.29 is 4.74 Å². The van der Waals surface area contributed by atoms with Crippen LogP contribution in [0.15, 0.2) is 48.5 Å². The van der Waals surface area contributed by atoms with Crippen molar-refractivity contribution in [2.75, 3.05) is 13.2 Å². The van der Waals surface area contributed by atoms with Gasteiger partial charge in [-0.3, -0.25) is 0 Å². The molecule has 1 aliphatic heterocycles. The van der Waals surface area contributed by atoms with Crippen LogP contribution in [0, 0.1) is 0 Å². The van der Waals surface area contributed by atoms with E-state index in [1.54, 1.807) is 0 Å². The van der Waals surface area contributed by atoms with Crippen molar-refractivity contribution in [2.24, 2.45) is 0 Å². The van der Waals surface area contributed by atoms with E-state index in [-0.39, 0.29) is 0 Å². The Morgan fingerprint density at radius 3 is 2.80 bits per heavy atom. The van der Waals surface area contributed by atoms with Gasteiger partial charge in [-0.1, -0.05) is 54.1 Å². The van der Waals surface area contributed by atoms with E-state index < -0.39 is 0 Å². The van der Waals surface area contributed by atoms with E-state index in [1.165, 1.54) is 11.1 Å². The van der Waals surface area contributed by atoms with Crippen LogP contribution < -0.4 is 10.1 Å². The molecule has 1 aliphatic rings. The first-order chi connectivity index (χ1) is 9.84. The highest BCUT2D eigenvalue weighted by atomic mass is 35.5. The molecule has 3 heteroatoms. The Bertz CT molecular complexity index is 570. The molecular formula is C17H18ClNO. The average Bonchev–Trinajstić information content (AvgIpc) is 2.49. The van der Waals surface area contributed by atoms with Crippen LogP contribution >= 0.6 is 11.6 Å². The number of fused-ring (bicyclic) bond motifs is 1. The zero-order chi connectivity index (χ0) is 13.8. The van der Waals surface area contributed by atoms with Crippen molar-refractivity contribution in [3.63, 3.8) is 0 Å². The van der Waals surface area contributed by atoms with Crippen molar-refractivity contribution in [1.82, 2.24) is 5.32 Å². The molecule has 0 radical (unpaired) electrons. The maximum atomic E-state index is 6.18. The van der Waals surface area contributed by atoms with Crippen molar-refractivity contribution in [2.45, 2.75) is 18.9 Å². The van der Waals surface area contributed by atoms with E-state index in [9.17, 15) is 0 Å². The Balaban J connectivity index is 1.64. The highest BCUT2D eigenvalue weighted by molar-refractivity contribution is 6.32. The van der Waals surface area contributed by atoms with Crippen LogP contribution in [0.25, 0.3) is 0 Å². The lowest BCUT2D eigenvalue weighted by molar-refractivity contribution is 0.253. The fourth-order valence-electron chi connectivity index (χ4n) is 2.63. The summed E-state index contributed by atoms with van der Waals surface area (Å²) in [5, 5.41) is 4.32. The molecule has 1 atom stereocenters. The van der Waals surface area contributed by atoms with Crippen LogP contribution in [0.3, 0.4) is 0 Å². The summed E-state index contributed by atoms with van der Waals surface area (Å²) >= 11 is 6.18. The number of para-hydroxylation sites is 1. The molecule has 1 heterocycles. The van der Waals surface area contributed by atoms with Crippen LogP contribution in [-0.2, 0) is 6.42 Å². The molecule has 0 fully saturated rings. The number of benzene rings is 2. The lowest BCUT2D eigenvalue weighted by Gasteiger charge is -2.27. The largest absolute Gasteiger partial charge is 0.492 e. The number of ether oxygens (including phenoxy) is 1. The molecule has 0 aliphatic carbocycles. The number of rotatable bonds is 4. The van der Waals surface area contributed by atoms with Gasteiger partial charge in [0.05, 0.1) is 11.6 Å². The minimum atomic E-state index is 0.334. The predicted octanol–water partition coefficient (Wildman–Crippen LogP) is 4.00. The fourth-order valence-corrected chi connectivity index (χ4v) is 2.87. The molecule has 104 valence electrons. The van der Waals surface area contributed by atoms with Gasteiger partial charge in [0, 0.05) is 18.0 Å². The summed E-state index contributed by atoms with van der Waals surface area (Å²) in [5.74, 6) is 0.845. The maximum absolute atomic E-state index is 6.18. The van der Waals surface area contributed by atoms with Crippen LogP contribution in [0.1, 0.15) is 23.6 Å². The quantitative estimate of drug-likeness (QED) is 0.918. The van der Waals surface area contributed by atoms with Gasteiger partial charge in [-0.05, 0) is 24.6 Å². The molecule has 0 amide bonds. The second-order valence-corrected chi connectivity index (χ2v) is 5.44. The zero-order valence-corrected chi connectivity index (χ0v) is 12.1. The SMILES string of the molecule is Clc1cccc2c1OCCC2NCCc1ccccc1. The summed E-state index contributed by atoms with van der Waals surface area (Å²) in [6.45, 7) is 1.68. The molecular weight excluding hydrogens is 270 g/mol. The van der Waals surface area contributed by atoms with Gasteiger partial charge in [0.1, 0.15) is 5.75 Å². The first kappa shape index (κ1) is 13.5. The summed E-state index contributed by atoms with van der Waals surface area (Å²) < 4.78 is 5.68. The Hall–Kier alpha value is -1.51. The van der Waals surface area contributed by atoms with Gasteiger partial charge in [-0.15, -0.1) is 0 Å². The number of hydrogen-bond donors (Lipinski definition) is 1. The minimum absolute atomic E-state index is 0.334. The van der Waals surface area contributed by atoms with Gasteiger partial charge >= 0.3 is 0 Å². The van der Waals surface area contributed by atoms with Crippen molar-refractivity contribution in [3.8, 4) is 5.75 Å². The molecule has 0 aromatic heterocycles. The van der Waals surface area contributed by atoms with Gasteiger partial charge in [-0.2, -0.15) is 0 Å². The van der Waals surface area contributed by atoms with Gasteiger partial charge < -0.3 is 10.1 Å². The van der Waals surface area contributed by atoms with E-state index in [1.807, 2.05) is 18.2 Å². The molecule has 3 rings (SSSR count). The van der Waals surface area contributed by atoms with Gasteiger partial charge in [-0.25, -0.2) is 0 Å². The standard InChI is InChI=1S/C17H18ClNO/c18-15-8-4-7-14-16(10-12-20-17(14)15)19-11-9-13-5-2-1-3-6-13/h1-8,16,19H,9-12H2. The Morgan fingerprint density at radius 1 is 1.10 bits per heavy atom. The summed E-state index contributed by atoms with van der Waals surface area (Å²) in [6, 6.07) is 16.8. The number of hydrogen-bond acceptors (Lipinski definition) is 2. The lowest BCUT2D eigenvalue weighted by Crippen LogP contribution is -2.28. The summed E-state index contributed by atoms with van der Waals surface area (Å²) in [6.07, 6.45) is 2.02. The second kappa shape index (κ2) is 6.29. The van der Waals surface area contributed by atoms with E-state index in [4.69, 9.17) is 16.3 Å². The normalized spacial score (nSPS) is 17.4. The monoisotopic (exact) mass is 287 g/mol. The number of nitrogens with one attached hydrogen (secondary N) is 1. The molecule has 2 nitrogen and oxygen atoms in total. The third-order valence-electron chi connectivity index (χ3n) is 3.67. The third-order valence-corrected chi connectivity index (χ3v) is 3.97. The van der Waals surface area contributed by atoms with E-state index in [2.05, 4.69) is 35.6 Å². The Kier molecular flexibility index (Phi) is 4.24. The zero-order valence-electron chi connectivity index (χ0n) is 11.3. The average molecular weight is 288 g/mol. The Morgan fingerprint density at radius 2 is 1.95 bits per heavy atom. The third kappa shape index (κ3) is 2.97. The van der Waals surface area contributed by atoms with Crippen molar-refractivity contribution in [1.29, 1.82) is 0 Å². The van der Waals surface area contributed by atoms with Gasteiger partial charge in [0.25, 0.3) is 0 Å². The molecule has 2 aromatic rings. The topological polar surface area (TPSA) is 21.3 Å². The molecule has 0 saturated heterocycles. The maximum Gasteiger partial charge on any atom is 0.142 e. The van der Waals surface area contributed by atoms with Crippen molar-refractivity contribution >= 4 is 11.6 Å². The number of halogens is 1. The highest BCUT2D eigenvalue weighted by Crippen LogP contribution is 2.37. The minimum Gasteiger partial charge on any atom is -0.492 e. The van der Waals surface area contributed by atoms with Crippen LogP contribution in [0.4, 0.5) is 0 Å². The molecule has 1 unspecified atom stereocenters. The van der Waals surface area contributed by atoms with E-state index >= 15 is 0 Å². The fraction of sp³-hybridized carbons (Fsp3) is 0.294. The molecule has 20 heavy (non-hydrogen) atoms. The van der Waals surface area contributed by atoms with Crippen LogP contribution in [-0.4, -0.2) is 13.2 Å². The van der Waals surface area contributed by atoms with Gasteiger partial charge in [0.2, 0.25) is 0 Å². The highest BCUT2D eigenvalue weighted by Gasteiger charge is 2.22. The van der Waals surface area contributed by atoms with E-state index in [0.29, 0.717) is 11.1 Å². The molecule has 0 bridgehead atoms. The van der Waals surface area contributed by atoms with Crippen LogP contribution in [0.5, 0.6) is 5.75 Å². The first-order valence-corrected chi connectivity index (χ1v) is 7.41. The van der Waals surface area contributed by atoms with Crippen molar-refractivity contribution in [3.05, 3.63) is 64.7 Å². The summed E-state index contributed by atoms with van der Waals surface area (Å²) in [7, 11) is 0. The van der Waals surface area contributed by atoms with Crippen LogP contribution in [0.2, 0.25) is 5.02 Å². The Labute approximate surface area is 124 Å². The second-order valence-electron chi connectivity index (χ2n) is 5.04. The first-order valence-electron chi connectivity index (χ1n) is 7.03. The molecule has 2 aromatic carbocycles. The molecule has 1 N–H and O–H groups in total. The van der Waals surface area contributed by atoms with E-state index in [0.717, 1.165) is 31.7 Å². The lowest BCUT2D eigenvalue weighted by atomic mass is 10.0. The summed E-state index contributed by atoms with van der Waals surface area (Å²) in [5.41, 5.74) is 2.54. The predicted molar refractivity (Wildman–Crippen MR) is 82.5 cm³/mol. The smallest absolute Gasteiger partial charge is 0.142 e. The molecule has 0 saturated carbocycles. The summed E-state index contributed by atoms with van der Waals surface area (Å²) in [4.78, 5) is 0.